The van der Waals surface area contributed by atoms with Gasteiger partial charge in [-0.05, 0) is 18.2 Å². The minimum absolute atomic E-state index is 0.0903. The van der Waals surface area contributed by atoms with Crippen LogP contribution in [-0.4, -0.2) is 10.2 Å². The van der Waals surface area contributed by atoms with Crippen molar-refractivity contribution in [3.63, 3.8) is 0 Å². The van der Waals surface area contributed by atoms with Crippen molar-refractivity contribution in [1.29, 1.82) is 0 Å². The van der Waals surface area contributed by atoms with Gasteiger partial charge in [0.1, 0.15) is 11.9 Å². The van der Waals surface area contributed by atoms with Gasteiger partial charge in [-0.1, -0.05) is 36.4 Å². The minimum atomic E-state index is -0.0903. The summed E-state index contributed by atoms with van der Waals surface area (Å²) in [6.07, 6.45) is 5.89. The lowest BCUT2D eigenvalue weighted by molar-refractivity contribution is 0.253. The summed E-state index contributed by atoms with van der Waals surface area (Å²) in [4.78, 5) is 0. The third-order valence-electron chi connectivity index (χ3n) is 3.38. The molecule has 0 amide bonds. The van der Waals surface area contributed by atoms with E-state index in [4.69, 9.17) is 4.74 Å². The van der Waals surface area contributed by atoms with Crippen molar-refractivity contribution < 1.29 is 4.74 Å². The Morgan fingerprint density at radius 1 is 1.26 bits per heavy atom. The van der Waals surface area contributed by atoms with E-state index in [9.17, 15) is 0 Å². The number of rotatable bonds is 1. The summed E-state index contributed by atoms with van der Waals surface area (Å²) >= 11 is 0. The van der Waals surface area contributed by atoms with Crippen LogP contribution in [0.4, 0.5) is 0 Å². The van der Waals surface area contributed by atoms with E-state index in [0.29, 0.717) is 0 Å². The molecule has 1 unspecified atom stereocenters. The van der Waals surface area contributed by atoms with Gasteiger partial charge in [-0.3, -0.25) is 5.10 Å². The van der Waals surface area contributed by atoms with Crippen LogP contribution in [0.3, 0.4) is 0 Å². The molecule has 0 fully saturated rings. The van der Waals surface area contributed by atoms with Crippen LogP contribution in [0.2, 0.25) is 0 Å². The molecular formula is C16H11N2O. The van der Waals surface area contributed by atoms with Crippen molar-refractivity contribution in [2.45, 2.75) is 6.10 Å². The van der Waals surface area contributed by atoms with Gasteiger partial charge in [0.2, 0.25) is 0 Å². The fraction of sp³-hybridized carbons (Fsp3) is 0.0625. The van der Waals surface area contributed by atoms with Gasteiger partial charge in [-0.25, -0.2) is 0 Å². The number of nitrogens with zero attached hydrogens (tertiary/aromatic N) is 1. The van der Waals surface area contributed by atoms with Gasteiger partial charge in [-0.15, -0.1) is 0 Å². The third-order valence-corrected chi connectivity index (χ3v) is 3.38. The summed E-state index contributed by atoms with van der Waals surface area (Å²) in [5.74, 6) is 0.867. The van der Waals surface area contributed by atoms with Crippen LogP contribution >= 0.6 is 0 Å². The molecule has 4 rings (SSSR count). The lowest BCUT2D eigenvalue weighted by Crippen LogP contribution is -2.09. The Hall–Kier alpha value is -2.55. The molecule has 3 nitrogen and oxygen atoms in total. The highest BCUT2D eigenvalue weighted by molar-refractivity contribution is 5.82. The van der Waals surface area contributed by atoms with Crippen molar-refractivity contribution in [2.24, 2.45) is 0 Å². The van der Waals surface area contributed by atoms with Gasteiger partial charge in [0.15, 0.2) is 0 Å². The topological polar surface area (TPSA) is 37.9 Å². The second-order valence-electron chi connectivity index (χ2n) is 4.54. The number of fused-ring (bicyclic) bond motifs is 2. The van der Waals surface area contributed by atoms with Crippen molar-refractivity contribution >= 4 is 17.0 Å². The molecule has 3 heteroatoms. The van der Waals surface area contributed by atoms with E-state index in [-0.39, 0.29) is 6.10 Å². The van der Waals surface area contributed by atoms with Crippen molar-refractivity contribution in [3.05, 3.63) is 65.9 Å². The Morgan fingerprint density at radius 2 is 2.26 bits per heavy atom. The van der Waals surface area contributed by atoms with Crippen molar-refractivity contribution in [2.75, 3.05) is 0 Å². The number of para-hydroxylation sites is 1. The monoisotopic (exact) mass is 247 g/mol. The van der Waals surface area contributed by atoms with Crippen LogP contribution in [-0.2, 0) is 0 Å². The Balaban J connectivity index is 1.81. The van der Waals surface area contributed by atoms with Gasteiger partial charge >= 0.3 is 0 Å². The number of H-pyrrole nitrogens is 1. The number of nitrogens with one attached hydrogen (secondary N) is 1. The van der Waals surface area contributed by atoms with Gasteiger partial charge in [0.05, 0.1) is 11.7 Å². The lowest BCUT2D eigenvalue weighted by atomic mass is 10.0. The zero-order valence-electron chi connectivity index (χ0n) is 10.1. The molecule has 0 saturated carbocycles. The molecule has 1 aliphatic rings. The van der Waals surface area contributed by atoms with E-state index in [1.165, 1.54) is 0 Å². The van der Waals surface area contributed by atoms with E-state index in [1.807, 2.05) is 36.5 Å². The number of aromatic amines is 1. The molecule has 2 heterocycles. The summed E-state index contributed by atoms with van der Waals surface area (Å²) in [6, 6.07) is 14.9. The van der Waals surface area contributed by atoms with Crippen LogP contribution in [0.5, 0.6) is 5.75 Å². The van der Waals surface area contributed by atoms with Crippen LogP contribution in [0.25, 0.3) is 17.0 Å². The van der Waals surface area contributed by atoms with Crippen LogP contribution in [0.15, 0.2) is 48.7 Å². The molecule has 3 aromatic rings. The fourth-order valence-electron chi connectivity index (χ4n) is 2.43. The van der Waals surface area contributed by atoms with Gasteiger partial charge < -0.3 is 4.74 Å². The van der Waals surface area contributed by atoms with E-state index < -0.39 is 0 Å². The first-order valence-electron chi connectivity index (χ1n) is 6.19. The van der Waals surface area contributed by atoms with Gasteiger partial charge in [0.25, 0.3) is 0 Å². The Labute approximate surface area is 110 Å². The number of hydrogen-bond acceptors (Lipinski definition) is 2. The molecule has 0 aliphatic carbocycles. The van der Waals surface area contributed by atoms with Gasteiger partial charge in [-0.2, -0.15) is 5.10 Å². The molecule has 0 spiro atoms. The van der Waals surface area contributed by atoms with E-state index >= 15 is 0 Å². The standard InChI is InChI=1S/C16H11N2O/c1-2-7-14-11(4-1)8-9-15(19-14)13-6-3-5-12-10-17-18-16(12)13/h1,3-10,15H,(H,17,18). The van der Waals surface area contributed by atoms with Crippen molar-refractivity contribution in [3.8, 4) is 5.75 Å². The first-order valence-corrected chi connectivity index (χ1v) is 6.19. The second kappa shape index (κ2) is 3.99. The summed E-state index contributed by atoms with van der Waals surface area (Å²) in [5.41, 5.74) is 3.22. The molecule has 1 aliphatic heterocycles. The smallest absolute Gasteiger partial charge is 0.144 e. The highest BCUT2D eigenvalue weighted by Crippen LogP contribution is 2.34. The maximum atomic E-state index is 6.03. The number of aromatic nitrogens is 2. The van der Waals surface area contributed by atoms with E-state index in [2.05, 4.69) is 34.5 Å². The first kappa shape index (κ1) is 10.4. The normalized spacial score (nSPS) is 17.2. The first-order chi connectivity index (χ1) is 9.42. The quantitative estimate of drug-likeness (QED) is 0.714. The summed E-state index contributed by atoms with van der Waals surface area (Å²) in [7, 11) is 0. The number of benzene rings is 2. The zero-order chi connectivity index (χ0) is 12.7. The van der Waals surface area contributed by atoms with Crippen LogP contribution in [0, 0.1) is 6.07 Å². The molecule has 19 heavy (non-hydrogen) atoms. The Morgan fingerprint density at radius 3 is 3.26 bits per heavy atom. The molecule has 1 atom stereocenters. The van der Waals surface area contributed by atoms with Crippen molar-refractivity contribution in [1.82, 2.24) is 10.2 Å². The summed E-state index contributed by atoms with van der Waals surface area (Å²) in [6.45, 7) is 0. The molecule has 1 aromatic heterocycles. The molecule has 91 valence electrons. The summed E-state index contributed by atoms with van der Waals surface area (Å²) in [5, 5.41) is 8.23. The zero-order valence-corrected chi connectivity index (χ0v) is 10.1. The van der Waals surface area contributed by atoms with E-state index in [1.54, 1.807) is 0 Å². The molecular weight excluding hydrogens is 236 g/mol. The minimum Gasteiger partial charge on any atom is -0.481 e. The third kappa shape index (κ3) is 1.63. The fourth-order valence-corrected chi connectivity index (χ4v) is 2.43. The second-order valence-corrected chi connectivity index (χ2v) is 4.54. The molecule has 1 N–H and O–H groups in total. The molecule has 0 bridgehead atoms. The molecule has 1 radical (unpaired) electrons. The van der Waals surface area contributed by atoms with Crippen LogP contribution in [0.1, 0.15) is 17.2 Å². The molecule has 2 aromatic carbocycles. The maximum Gasteiger partial charge on any atom is 0.144 e. The number of ether oxygens (including phenoxy) is 1. The average molecular weight is 247 g/mol. The predicted octanol–water partition coefficient (Wildman–Crippen LogP) is 3.51. The number of hydrogen-bond donors (Lipinski definition) is 1. The molecule has 0 saturated heterocycles. The summed E-state index contributed by atoms with van der Waals surface area (Å²) < 4.78 is 6.03. The Kier molecular flexibility index (Phi) is 2.18. The largest absolute Gasteiger partial charge is 0.481 e. The average Bonchev–Trinajstić information content (AvgIpc) is 2.95. The predicted molar refractivity (Wildman–Crippen MR) is 73.8 cm³/mol. The SMILES string of the molecule is [c]1ccc2c(c1)OC(c1cccc3cn[nH]c13)C=C2. The highest BCUT2D eigenvalue weighted by atomic mass is 16.5. The lowest BCUT2D eigenvalue weighted by Gasteiger charge is -2.22. The van der Waals surface area contributed by atoms with Gasteiger partial charge in [0, 0.05) is 16.5 Å². The van der Waals surface area contributed by atoms with Crippen LogP contribution < -0.4 is 4.74 Å². The highest BCUT2D eigenvalue weighted by Gasteiger charge is 2.18. The maximum absolute atomic E-state index is 6.03. The Bertz CT molecular complexity index is 773. The van der Waals surface area contributed by atoms with E-state index in [0.717, 1.165) is 27.8 Å².